The lowest BCUT2D eigenvalue weighted by Gasteiger charge is -2.08. The molecular formula is C15H17N3O2. The first kappa shape index (κ1) is 13.9. The minimum atomic E-state index is -0.458. The fraction of sp³-hybridized carbons (Fsp3) is 0.200. The molecule has 1 amide bonds. The number of pyridine rings is 1. The highest BCUT2D eigenvalue weighted by Gasteiger charge is 2.03. The molecular weight excluding hydrogens is 254 g/mol. The van der Waals surface area contributed by atoms with Gasteiger partial charge in [-0.1, -0.05) is 13.0 Å². The molecule has 5 nitrogen and oxygen atoms in total. The zero-order valence-electron chi connectivity index (χ0n) is 11.3. The molecule has 20 heavy (non-hydrogen) atoms. The molecule has 2 aromatic rings. The van der Waals surface area contributed by atoms with Crippen molar-refractivity contribution in [3.05, 3.63) is 48.0 Å². The predicted molar refractivity (Wildman–Crippen MR) is 78.1 cm³/mol. The number of nitrogens with zero attached hydrogens (tertiary/aromatic N) is 1. The van der Waals surface area contributed by atoms with Crippen LogP contribution in [-0.4, -0.2) is 17.4 Å². The van der Waals surface area contributed by atoms with Crippen molar-refractivity contribution in [3.63, 3.8) is 0 Å². The Morgan fingerprint density at radius 2 is 2.00 bits per heavy atom. The first-order chi connectivity index (χ1) is 9.69. The Morgan fingerprint density at radius 1 is 1.25 bits per heavy atom. The summed E-state index contributed by atoms with van der Waals surface area (Å²) >= 11 is 0. The quantitative estimate of drug-likeness (QED) is 0.847. The van der Waals surface area contributed by atoms with Crippen molar-refractivity contribution in [2.45, 2.75) is 13.3 Å². The van der Waals surface area contributed by atoms with Gasteiger partial charge in [0.2, 0.25) is 11.8 Å². The first-order valence-corrected chi connectivity index (χ1v) is 6.47. The van der Waals surface area contributed by atoms with Gasteiger partial charge in [-0.05, 0) is 36.8 Å². The lowest BCUT2D eigenvalue weighted by Crippen LogP contribution is -2.10. The molecule has 0 radical (unpaired) electrons. The molecule has 1 aromatic carbocycles. The third kappa shape index (κ3) is 3.71. The largest absolute Gasteiger partial charge is 0.439 e. The van der Waals surface area contributed by atoms with Crippen LogP contribution in [0.2, 0.25) is 0 Å². The van der Waals surface area contributed by atoms with Crippen LogP contribution in [0.15, 0.2) is 42.5 Å². The van der Waals surface area contributed by atoms with Gasteiger partial charge in [-0.2, -0.15) is 4.98 Å². The van der Waals surface area contributed by atoms with Crippen molar-refractivity contribution in [2.75, 3.05) is 11.9 Å². The van der Waals surface area contributed by atoms with Gasteiger partial charge < -0.3 is 15.8 Å². The number of primary amides is 1. The van der Waals surface area contributed by atoms with Crippen LogP contribution in [-0.2, 0) is 0 Å². The van der Waals surface area contributed by atoms with Crippen LogP contribution in [0.25, 0.3) is 0 Å². The van der Waals surface area contributed by atoms with E-state index in [0.29, 0.717) is 17.2 Å². The number of carbonyl (C=O) groups excluding carboxylic acids is 1. The number of ether oxygens (including phenoxy) is 1. The van der Waals surface area contributed by atoms with Crippen molar-refractivity contribution < 1.29 is 9.53 Å². The van der Waals surface area contributed by atoms with Crippen LogP contribution in [0.1, 0.15) is 23.7 Å². The molecule has 0 aliphatic rings. The van der Waals surface area contributed by atoms with Crippen LogP contribution < -0.4 is 15.8 Å². The fourth-order valence-corrected chi connectivity index (χ4v) is 1.63. The third-order valence-corrected chi connectivity index (χ3v) is 2.64. The maximum absolute atomic E-state index is 11.0. The van der Waals surface area contributed by atoms with Crippen molar-refractivity contribution in [1.82, 2.24) is 4.98 Å². The summed E-state index contributed by atoms with van der Waals surface area (Å²) in [5.41, 5.74) is 5.63. The van der Waals surface area contributed by atoms with E-state index in [2.05, 4.69) is 17.2 Å². The highest BCUT2D eigenvalue weighted by Crippen LogP contribution is 2.21. The summed E-state index contributed by atoms with van der Waals surface area (Å²) in [5.74, 6) is 1.42. The molecule has 3 N–H and O–H groups in total. The van der Waals surface area contributed by atoms with E-state index in [1.54, 1.807) is 30.3 Å². The Bertz CT molecular complexity index is 582. The number of anilines is 1. The van der Waals surface area contributed by atoms with Gasteiger partial charge in [0, 0.05) is 18.2 Å². The summed E-state index contributed by atoms with van der Waals surface area (Å²) in [7, 11) is 0. The number of nitrogens with one attached hydrogen (secondary N) is 1. The van der Waals surface area contributed by atoms with Crippen molar-refractivity contribution in [2.24, 2.45) is 5.73 Å². The molecule has 0 atom stereocenters. The number of nitrogens with two attached hydrogens (primary N) is 1. The molecule has 0 unspecified atom stereocenters. The summed E-state index contributed by atoms with van der Waals surface area (Å²) in [5, 5.41) is 3.19. The fourth-order valence-electron chi connectivity index (χ4n) is 1.63. The molecule has 0 spiro atoms. The van der Waals surface area contributed by atoms with Crippen molar-refractivity contribution in [1.29, 1.82) is 0 Å². The molecule has 0 saturated carbocycles. The Kier molecular flexibility index (Phi) is 4.55. The topological polar surface area (TPSA) is 77.2 Å². The van der Waals surface area contributed by atoms with Gasteiger partial charge in [0.1, 0.15) is 11.6 Å². The van der Waals surface area contributed by atoms with Gasteiger partial charge in [-0.3, -0.25) is 4.79 Å². The average Bonchev–Trinajstić information content (AvgIpc) is 2.46. The minimum absolute atomic E-state index is 0.448. The molecule has 0 aliphatic carbocycles. The summed E-state index contributed by atoms with van der Waals surface area (Å²) in [4.78, 5) is 15.3. The number of rotatable bonds is 6. The smallest absolute Gasteiger partial charge is 0.248 e. The average molecular weight is 271 g/mol. The van der Waals surface area contributed by atoms with E-state index in [4.69, 9.17) is 10.5 Å². The third-order valence-electron chi connectivity index (χ3n) is 2.64. The molecule has 1 aromatic heterocycles. The van der Waals surface area contributed by atoms with Crippen LogP contribution in [0.3, 0.4) is 0 Å². The van der Waals surface area contributed by atoms with Gasteiger partial charge in [0.25, 0.3) is 0 Å². The van der Waals surface area contributed by atoms with Crippen molar-refractivity contribution in [3.8, 4) is 11.6 Å². The Labute approximate surface area is 117 Å². The predicted octanol–water partition coefficient (Wildman–Crippen LogP) is 2.79. The van der Waals surface area contributed by atoms with Crippen LogP contribution in [0.4, 0.5) is 5.82 Å². The number of benzene rings is 1. The summed E-state index contributed by atoms with van der Waals surface area (Å²) in [6.45, 7) is 2.96. The maximum Gasteiger partial charge on any atom is 0.248 e. The number of amides is 1. The second-order valence-corrected chi connectivity index (χ2v) is 4.28. The minimum Gasteiger partial charge on any atom is -0.439 e. The molecule has 1 heterocycles. The Hall–Kier alpha value is -2.56. The maximum atomic E-state index is 11.0. The standard InChI is InChI=1S/C15H17N3O2/c1-2-10-17-13-4-3-5-14(18-13)20-12-8-6-11(7-9-12)15(16)19/h3-9H,2,10H2,1H3,(H2,16,19)(H,17,18). The number of hydrogen-bond donors (Lipinski definition) is 2. The molecule has 104 valence electrons. The lowest BCUT2D eigenvalue weighted by molar-refractivity contribution is 0.100. The molecule has 0 saturated heterocycles. The van der Waals surface area contributed by atoms with E-state index in [1.165, 1.54) is 0 Å². The molecule has 0 fully saturated rings. The molecule has 0 bridgehead atoms. The van der Waals surface area contributed by atoms with Crippen LogP contribution in [0, 0.1) is 0 Å². The normalized spacial score (nSPS) is 10.1. The summed E-state index contributed by atoms with van der Waals surface area (Å²) < 4.78 is 5.63. The van der Waals surface area contributed by atoms with Crippen LogP contribution >= 0.6 is 0 Å². The van der Waals surface area contributed by atoms with Crippen LogP contribution in [0.5, 0.6) is 11.6 Å². The number of hydrogen-bond acceptors (Lipinski definition) is 4. The highest BCUT2D eigenvalue weighted by molar-refractivity contribution is 5.92. The SMILES string of the molecule is CCCNc1cccc(Oc2ccc(C(N)=O)cc2)n1. The van der Waals surface area contributed by atoms with E-state index in [1.807, 2.05) is 12.1 Å². The van der Waals surface area contributed by atoms with E-state index in [0.717, 1.165) is 18.8 Å². The second-order valence-electron chi connectivity index (χ2n) is 4.28. The lowest BCUT2D eigenvalue weighted by atomic mass is 10.2. The Morgan fingerprint density at radius 3 is 2.65 bits per heavy atom. The number of carbonyl (C=O) groups is 1. The molecule has 0 aliphatic heterocycles. The number of aromatic nitrogens is 1. The zero-order valence-corrected chi connectivity index (χ0v) is 11.3. The van der Waals surface area contributed by atoms with E-state index in [9.17, 15) is 4.79 Å². The molecule has 5 heteroatoms. The van der Waals surface area contributed by atoms with E-state index >= 15 is 0 Å². The van der Waals surface area contributed by atoms with Gasteiger partial charge in [-0.25, -0.2) is 0 Å². The van der Waals surface area contributed by atoms with Gasteiger partial charge >= 0.3 is 0 Å². The second kappa shape index (κ2) is 6.56. The molecule has 2 rings (SSSR count). The van der Waals surface area contributed by atoms with E-state index < -0.39 is 5.91 Å². The van der Waals surface area contributed by atoms with Gasteiger partial charge in [0.05, 0.1) is 0 Å². The zero-order chi connectivity index (χ0) is 14.4. The summed E-state index contributed by atoms with van der Waals surface area (Å²) in [6, 6.07) is 12.2. The monoisotopic (exact) mass is 271 g/mol. The summed E-state index contributed by atoms with van der Waals surface area (Å²) in [6.07, 6.45) is 1.03. The Balaban J connectivity index is 2.07. The van der Waals surface area contributed by atoms with Crippen molar-refractivity contribution >= 4 is 11.7 Å². The van der Waals surface area contributed by atoms with Gasteiger partial charge in [-0.15, -0.1) is 0 Å². The first-order valence-electron chi connectivity index (χ1n) is 6.47. The van der Waals surface area contributed by atoms with E-state index in [-0.39, 0.29) is 0 Å². The van der Waals surface area contributed by atoms with Gasteiger partial charge in [0.15, 0.2) is 0 Å². The highest BCUT2D eigenvalue weighted by atomic mass is 16.5.